The molecular formula is C19H32N2. The predicted octanol–water partition coefficient (Wildman–Crippen LogP) is 4.10. The monoisotopic (exact) mass is 288 g/mol. The highest BCUT2D eigenvalue weighted by atomic mass is 15.2. The molecule has 118 valence electrons. The number of anilines is 1. The summed E-state index contributed by atoms with van der Waals surface area (Å²) in [6.45, 7) is 16.0. The normalized spacial score (nSPS) is 20.5. The Morgan fingerprint density at radius 3 is 2.52 bits per heavy atom. The Hall–Kier alpha value is -1.02. The zero-order chi connectivity index (χ0) is 15.6. The smallest absolute Gasteiger partial charge is 0.0437 e. The van der Waals surface area contributed by atoms with Crippen LogP contribution in [0.25, 0.3) is 0 Å². The molecule has 2 rings (SSSR count). The van der Waals surface area contributed by atoms with Crippen molar-refractivity contribution < 1.29 is 0 Å². The van der Waals surface area contributed by atoms with E-state index in [1.807, 2.05) is 0 Å². The summed E-state index contributed by atoms with van der Waals surface area (Å²) in [5, 5.41) is 3.70. The van der Waals surface area contributed by atoms with Gasteiger partial charge >= 0.3 is 0 Å². The average Bonchev–Trinajstić information content (AvgIpc) is 2.36. The highest BCUT2D eigenvalue weighted by Gasteiger charge is 2.29. The first-order chi connectivity index (χ1) is 9.78. The number of fused-ring (bicyclic) bond motifs is 1. The third-order valence-electron chi connectivity index (χ3n) is 4.39. The lowest BCUT2D eigenvalue weighted by Gasteiger charge is -2.43. The summed E-state index contributed by atoms with van der Waals surface area (Å²) >= 11 is 0. The summed E-state index contributed by atoms with van der Waals surface area (Å²) in [7, 11) is 0. The van der Waals surface area contributed by atoms with E-state index in [9.17, 15) is 0 Å². The lowest BCUT2D eigenvalue weighted by atomic mass is 9.90. The van der Waals surface area contributed by atoms with Crippen LogP contribution in [0.3, 0.4) is 0 Å². The van der Waals surface area contributed by atoms with Gasteiger partial charge in [0.2, 0.25) is 0 Å². The van der Waals surface area contributed by atoms with Crippen molar-refractivity contribution in [2.75, 3.05) is 18.0 Å². The van der Waals surface area contributed by atoms with Crippen LogP contribution in [0.1, 0.15) is 47.1 Å². The van der Waals surface area contributed by atoms with E-state index in [1.54, 1.807) is 0 Å². The lowest BCUT2D eigenvalue weighted by molar-refractivity contribution is 0.344. The fourth-order valence-corrected chi connectivity index (χ4v) is 3.27. The van der Waals surface area contributed by atoms with Gasteiger partial charge < -0.3 is 10.2 Å². The van der Waals surface area contributed by atoms with E-state index >= 15 is 0 Å². The van der Waals surface area contributed by atoms with Crippen LogP contribution in [0.4, 0.5) is 5.69 Å². The highest BCUT2D eigenvalue weighted by Crippen LogP contribution is 2.32. The minimum absolute atomic E-state index is 0.175. The number of rotatable bonds is 4. The molecule has 1 N–H and O–H groups in total. The minimum Gasteiger partial charge on any atom is -0.367 e. The second-order valence-electron chi connectivity index (χ2n) is 8.03. The van der Waals surface area contributed by atoms with Gasteiger partial charge in [-0.15, -0.1) is 0 Å². The van der Waals surface area contributed by atoms with E-state index in [0.717, 1.165) is 12.5 Å². The molecule has 21 heavy (non-hydrogen) atoms. The second-order valence-corrected chi connectivity index (χ2v) is 8.03. The third-order valence-corrected chi connectivity index (χ3v) is 4.39. The third kappa shape index (κ3) is 4.23. The van der Waals surface area contributed by atoms with Crippen LogP contribution >= 0.6 is 0 Å². The molecule has 1 aliphatic heterocycles. The fourth-order valence-electron chi connectivity index (χ4n) is 3.27. The molecule has 1 aromatic rings. The average molecular weight is 288 g/mol. The number of para-hydroxylation sites is 1. The number of hydrogen-bond donors (Lipinski definition) is 1. The molecule has 0 bridgehead atoms. The van der Waals surface area contributed by atoms with Crippen LogP contribution in [0.15, 0.2) is 24.3 Å². The molecule has 0 saturated carbocycles. The molecule has 0 spiro atoms. The Kier molecular flexibility index (Phi) is 4.98. The Morgan fingerprint density at radius 1 is 1.24 bits per heavy atom. The van der Waals surface area contributed by atoms with Crippen molar-refractivity contribution in [3.8, 4) is 0 Å². The molecule has 2 atom stereocenters. The lowest BCUT2D eigenvalue weighted by Crippen LogP contribution is -2.52. The molecule has 2 heteroatoms. The largest absolute Gasteiger partial charge is 0.367 e. The van der Waals surface area contributed by atoms with Crippen molar-refractivity contribution in [2.24, 2.45) is 11.8 Å². The van der Waals surface area contributed by atoms with Crippen LogP contribution in [-0.4, -0.2) is 24.7 Å². The fraction of sp³-hybridized carbons (Fsp3) is 0.684. The summed E-state index contributed by atoms with van der Waals surface area (Å²) in [5.41, 5.74) is 3.14. The zero-order valence-corrected chi connectivity index (χ0v) is 14.6. The van der Waals surface area contributed by atoms with Crippen molar-refractivity contribution in [1.82, 2.24) is 5.32 Å². The van der Waals surface area contributed by atoms with Gasteiger partial charge in [-0.1, -0.05) is 39.0 Å². The molecule has 2 nitrogen and oxygen atoms in total. The van der Waals surface area contributed by atoms with E-state index in [-0.39, 0.29) is 5.54 Å². The number of nitrogens with one attached hydrogen (secondary N) is 1. The maximum atomic E-state index is 3.70. The SMILES string of the molecule is CC1Cc2ccccc2N(C(CNC(C)(C)C)C(C)C)C1. The van der Waals surface area contributed by atoms with Gasteiger partial charge in [0.15, 0.2) is 0 Å². The summed E-state index contributed by atoms with van der Waals surface area (Å²) in [4.78, 5) is 2.65. The Bertz CT molecular complexity index is 459. The first kappa shape index (κ1) is 16.4. The molecule has 1 aliphatic rings. The van der Waals surface area contributed by atoms with Gasteiger partial charge in [0, 0.05) is 30.4 Å². The molecule has 0 aromatic heterocycles. The summed E-state index contributed by atoms with van der Waals surface area (Å²) in [6.07, 6.45) is 1.21. The van der Waals surface area contributed by atoms with Crippen LogP contribution in [0.2, 0.25) is 0 Å². The molecule has 0 saturated heterocycles. The van der Waals surface area contributed by atoms with Crippen molar-refractivity contribution in [1.29, 1.82) is 0 Å². The van der Waals surface area contributed by atoms with Crippen LogP contribution in [0, 0.1) is 11.8 Å². The Labute approximate surface area is 130 Å². The maximum absolute atomic E-state index is 3.70. The first-order valence-electron chi connectivity index (χ1n) is 8.37. The number of hydrogen-bond acceptors (Lipinski definition) is 2. The quantitative estimate of drug-likeness (QED) is 0.897. The van der Waals surface area contributed by atoms with E-state index < -0.39 is 0 Å². The molecular weight excluding hydrogens is 256 g/mol. The maximum Gasteiger partial charge on any atom is 0.0437 e. The molecule has 0 fully saturated rings. The molecule has 2 unspecified atom stereocenters. The summed E-state index contributed by atoms with van der Waals surface area (Å²) in [5.74, 6) is 1.37. The molecule has 0 amide bonds. The zero-order valence-electron chi connectivity index (χ0n) is 14.6. The van der Waals surface area contributed by atoms with Gasteiger partial charge in [-0.2, -0.15) is 0 Å². The predicted molar refractivity (Wildman–Crippen MR) is 93.0 cm³/mol. The second kappa shape index (κ2) is 6.39. The molecule has 0 aliphatic carbocycles. The van der Waals surface area contributed by atoms with Gasteiger partial charge in [0.05, 0.1) is 0 Å². The van der Waals surface area contributed by atoms with Gasteiger partial charge in [-0.25, -0.2) is 0 Å². The van der Waals surface area contributed by atoms with Crippen molar-refractivity contribution in [2.45, 2.75) is 59.5 Å². The van der Waals surface area contributed by atoms with Crippen molar-refractivity contribution in [3.63, 3.8) is 0 Å². The standard InChI is InChI=1S/C19H32N2/c1-14(2)18(12-20-19(4,5)6)21-13-15(3)11-16-9-7-8-10-17(16)21/h7-10,14-15,18,20H,11-13H2,1-6H3. The van der Waals surface area contributed by atoms with E-state index in [0.29, 0.717) is 12.0 Å². The Morgan fingerprint density at radius 2 is 1.90 bits per heavy atom. The first-order valence-corrected chi connectivity index (χ1v) is 8.37. The molecule has 1 heterocycles. The highest BCUT2D eigenvalue weighted by molar-refractivity contribution is 5.56. The van der Waals surface area contributed by atoms with Crippen LogP contribution in [0.5, 0.6) is 0 Å². The topological polar surface area (TPSA) is 15.3 Å². The summed E-state index contributed by atoms with van der Waals surface area (Å²) < 4.78 is 0. The number of benzene rings is 1. The Balaban J connectivity index is 2.24. The van der Waals surface area contributed by atoms with Gasteiger partial charge in [0.1, 0.15) is 0 Å². The van der Waals surface area contributed by atoms with E-state index in [4.69, 9.17) is 0 Å². The van der Waals surface area contributed by atoms with Crippen LogP contribution in [-0.2, 0) is 6.42 Å². The van der Waals surface area contributed by atoms with Crippen molar-refractivity contribution in [3.05, 3.63) is 29.8 Å². The minimum atomic E-state index is 0.175. The van der Waals surface area contributed by atoms with E-state index in [2.05, 4.69) is 76.0 Å². The number of nitrogens with zero attached hydrogens (tertiary/aromatic N) is 1. The van der Waals surface area contributed by atoms with E-state index in [1.165, 1.54) is 24.2 Å². The van der Waals surface area contributed by atoms with Gasteiger partial charge in [0.25, 0.3) is 0 Å². The van der Waals surface area contributed by atoms with Crippen molar-refractivity contribution >= 4 is 5.69 Å². The molecule has 0 radical (unpaired) electrons. The van der Waals surface area contributed by atoms with Crippen LogP contribution < -0.4 is 10.2 Å². The molecule has 1 aromatic carbocycles. The summed E-state index contributed by atoms with van der Waals surface area (Å²) in [6, 6.07) is 9.50. The van der Waals surface area contributed by atoms with Gasteiger partial charge in [-0.05, 0) is 50.7 Å². The van der Waals surface area contributed by atoms with Gasteiger partial charge in [-0.3, -0.25) is 0 Å².